The lowest BCUT2D eigenvalue weighted by molar-refractivity contribution is -0.144. The fourth-order valence-corrected chi connectivity index (χ4v) is 10.8. The van der Waals surface area contributed by atoms with Gasteiger partial charge in [-0.05, 0) is 80.5 Å². The van der Waals surface area contributed by atoms with Crippen LogP contribution in [0.15, 0.2) is 84.6 Å². The zero-order chi connectivity index (χ0) is 66.5. The van der Waals surface area contributed by atoms with Gasteiger partial charge >= 0.3 is 5.97 Å². The number of nitrogens with one attached hydrogen (secondary N) is 9. The third-order valence-corrected chi connectivity index (χ3v) is 16.2. The number of benzene rings is 2. The number of hydrogen-bond acceptors (Lipinski definition) is 16. The summed E-state index contributed by atoms with van der Waals surface area (Å²) in [6.45, 7) is 8.56. The van der Waals surface area contributed by atoms with E-state index in [1.807, 2.05) is 6.92 Å². The minimum Gasteiger partial charge on any atom is -0.508 e. The summed E-state index contributed by atoms with van der Waals surface area (Å²) in [5, 5.41) is 49.1. The number of carboxylic acid groups (broad SMARTS) is 1. The van der Waals surface area contributed by atoms with Gasteiger partial charge in [-0.1, -0.05) is 76.6 Å². The highest BCUT2D eigenvalue weighted by Crippen LogP contribution is 2.24. The number of amides is 9. The van der Waals surface area contributed by atoms with Crippen LogP contribution in [0.4, 0.5) is 0 Å². The molecule has 0 bridgehead atoms. The number of aliphatic hydroxyl groups excluding tert-OH is 1. The van der Waals surface area contributed by atoms with Gasteiger partial charge < -0.3 is 89.5 Å². The van der Waals surface area contributed by atoms with E-state index in [2.05, 4.69) is 62.1 Å². The van der Waals surface area contributed by atoms with Crippen molar-refractivity contribution in [2.75, 3.05) is 19.6 Å². The lowest BCUT2D eigenvalue weighted by atomic mass is 9.95. The number of hydrogen-bond donors (Lipinski definition) is 15. The number of aromatic hydroxyl groups is 1. The predicted octanol–water partition coefficient (Wildman–Crippen LogP) is -1.97. The van der Waals surface area contributed by atoms with Gasteiger partial charge in [0, 0.05) is 69.1 Å². The molecule has 6 rings (SSSR count). The van der Waals surface area contributed by atoms with Gasteiger partial charge in [-0.15, -0.1) is 0 Å². The number of aromatic nitrogens is 4. The molecule has 494 valence electrons. The smallest absolute Gasteiger partial charge is 0.326 e. The van der Waals surface area contributed by atoms with Crippen molar-refractivity contribution < 1.29 is 63.3 Å². The fourth-order valence-electron chi connectivity index (χ4n) is 10.8. The molecule has 30 heteroatoms. The SMILES string of the molecule is CC[C@H](C)[C@H](NC(=O)[C@@H](NC(=O)[C@H](Cc1ccccc1)NC(=O)[C@H](Cc1cnc[nH]1)NC(=O)[C@@H]1CCCN1C(=O)[C@H](Cc1cnc[nH]1)NC(=O)[C@@H](N)[C@@H](C)O)C(C)C)C(=O)N1CCC[C@H]1C(=O)N[C@@H](Cc1ccc(O)cc1)C(=O)N[C@@H](CCCN=C(N)N)C(=O)O. The molecule has 2 saturated heterocycles. The van der Waals surface area contributed by atoms with E-state index in [9.17, 15) is 63.3 Å². The van der Waals surface area contributed by atoms with Crippen molar-refractivity contribution in [3.8, 4) is 5.75 Å². The molecule has 0 aliphatic carbocycles. The van der Waals surface area contributed by atoms with Crippen LogP contribution in [0.25, 0.3) is 0 Å². The largest absolute Gasteiger partial charge is 0.508 e. The van der Waals surface area contributed by atoms with Crippen LogP contribution < -0.4 is 54.4 Å². The molecule has 2 aromatic carbocycles. The highest BCUT2D eigenvalue weighted by Gasteiger charge is 2.43. The Labute approximate surface area is 526 Å². The topological polar surface area (TPSA) is 470 Å². The van der Waals surface area contributed by atoms with Crippen molar-refractivity contribution in [1.82, 2.24) is 67.0 Å². The van der Waals surface area contributed by atoms with E-state index in [1.165, 1.54) is 66.0 Å². The number of nitrogens with two attached hydrogens (primary N) is 3. The first-order valence-electron chi connectivity index (χ1n) is 30.6. The monoisotopic (exact) mass is 1270 g/mol. The first-order chi connectivity index (χ1) is 43.3. The minimum atomic E-state index is -1.38. The summed E-state index contributed by atoms with van der Waals surface area (Å²) in [5.74, 6) is -9.35. The van der Waals surface area contributed by atoms with Gasteiger partial charge in [-0.25, -0.2) is 14.8 Å². The number of aromatic amines is 2. The number of aliphatic carboxylic acids is 1. The van der Waals surface area contributed by atoms with E-state index >= 15 is 0 Å². The number of phenols is 1. The van der Waals surface area contributed by atoms with Crippen LogP contribution in [0.3, 0.4) is 0 Å². The standard InChI is InChI=1S/C61H87N17O13/c1-6-34(4)50(59(89)78-24-12-17-47(78)55(85)72-42(26-37-18-20-40(80)21-19-37)51(81)70-41(60(90)91)15-10-22-67-61(63)64)76-57(87)49(33(2)3)75-53(83)43(25-36-13-8-7-9-14-36)71-52(82)44(27-38-29-65-31-68-38)73-54(84)46-16-11-23-77(46)58(88)45(28-39-30-66-32-69-39)74-56(86)48(62)35(5)79/h7-9,13-14,18-21,29-35,41-50,79-80H,6,10-12,15-17,22-28,62H2,1-5H3,(H,65,68)(H,66,69)(H,70,81)(H,71,82)(H,72,85)(H,73,84)(H,74,86)(H,75,83)(H,76,87)(H,90,91)(H4,63,64,67)/t34-,35+,41-,42-,43-,44-,45-,46-,47-,48-,49-,50-/m0/s1. The number of aliphatic imine (C=N–C) groups is 1. The first-order valence-corrected chi connectivity index (χ1v) is 30.6. The molecule has 2 aliphatic rings. The van der Waals surface area contributed by atoms with E-state index in [1.54, 1.807) is 51.1 Å². The van der Waals surface area contributed by atoms with Gasteiger partial charge in [-0.2, -0.15) is 0 Å². The molecule has 0 unspecified atom stereocenters. The molecule has 4 heterocycles. The van der Waals surface area contributed by atoms with Gasteiger partial charge in [0.05, 0.1) is 18.8 Å². The van der Waals surface area contributed by atoms with Gasteiger partial charge in [0.15, 0.2) is 5.96 Å². The molecule has 18 N–H and O–H groups in total. The molecule has 9 amide bonds. The Kier molecular flexibility index (Phi) is 26.3. The van der Waals surface area contributed by atoms with Crippen molar-refractivity contribution in [1.29, 1.82) is 0 Å². The van der Waals surface area contributed by atoms with Crippen molar-refractivity contribution in [2.45, 2.75) is 172 Å². The Morgan fingerprint density at radius 3 is 1.60 bits per heavy atom. The number of H-pyrrole nitrogens is 2. The number of imidazole rings is 2. The Bertz CT molecular complexity index is 3130. The number of likely N-dealkylation sites (tertiary alicyclic amines) is 2. The van der Waals surface area contributed by atoms with Crippen molar-refractivity contribution in [3.05, 3.63) is 102 Å². The van der Waals surface area contributed by atoms with Crippen molar-refractivity contribution in [2.24, 2.45) is 34.0 Å². The maximum atomic E-state index is 14.8. The number of nitrogens with zero attached hydrogens (tertiary/aromatic N) is 5. The highest BCUT2D eigenvalue weighted by atomic mass is 16.4. The third kappa shape index (κ3) is 20.5. The zero-order valence-electron chi connectivity index (χ0n) is 51.8. The quantitative estimate of drug-likeness (QED) is 0.0140. The second kappa shape index (κ2) is 33.9. The Balaban J connectivity index is 1.19. The number of carbonyl (C=O) groups excluding carboxylic acids is 9. The normalized spacial score (nSPS) is 17.9. The molecule has 2 fully saturated rings. The average Bonchev–Trinajstić information content (AvgIpc) is 1.99. The lowest BCUT2D eigenvalue weighted by Crippen LogP contribution is -2.62. The summed E-state index contributed by atoms with van der Waals surface area (Å²) < 4.78 is 0. The van der Waals surface area contributed by atoms with E-state index in [-0.39, 0.29) is 82.7 Å². The second-order valence-electron chi connectivity index (χ2n) is 23.5. The van der Waals surface area contributed by atoms with Crippen LogP contribution in [-0.2, 0) is 73.6 Å². The number of carboxylic acids is 1. The molecule has 12 atom stereocenters. The number of guanidine groups is 1. The highest BCUT2D eigenvalue weighted by molar-refractivity contribution is 5.99. The van der Waals surface area contributed by atoms with Crippen molar-refractivity contribution in [3.63, 3.8) is 0 Å². The van der Waals surface area contributed by atoms with Crippen LogP contribution in [-0.4, -0.2) is 196 Å². The summed E-state index contributed by atoms with van der Waals surface area (Å²) in [6, 6.07) is 1.71. The number of aliphatic hydroxyl groups is 1. The molecule has 0 spiro atoms. The summed E-state index contributed by atoms with van der Waals surface area (Å²) in [5.41, 5.74) is 18.8. The van der Waals surface area contributed by atoms with Crippen molar-refractivity contribution >= 4 is 65.1 Å². The van der Waals surface area contributed by atoms with Gasteiger partial charge in [0.25, 0.3) is 0 Å². The third-order valence-electron chi connectivity index (χ3n) is 16.2. The second-order valence-corrected chi connectivity index (χ2v) is 23.5. The summed E-state index contributed by atoms with van der Waals surface area (Å²) in [7, 11) is 0. The summed E-state index contributed by atoms with van der Waals surface area (Å²) in [4.78, 5) is 162. The molecule has 91 heavy (non-hydrogen) atoms. The molecule has 30 nitrogen and oxygen atoms in total. The first kappa shape index (κ1) is 70.6. The number of carbonyl (C=O) groups is 10. The zero-order valence-corrected chi connectivity index (χ0v) is 51.8. The maximum Gasteiger partial charge on any atom is 0.326 e. The Hall–Kier alpha value is -9.45. The Morgan fingerprint density at radius 2 is 1.10 bits per heavy atom. The van der Waals surface area contributed by atoms with Gasteiger partial charge in [0.2, 0.25) is 53.2 Å². The molecule has 2 aliphatic heterocycles. The number of phenolic OH excluding ortho intramolecular Hbond substituents is 1. The van der Waals surface area contributed by atoms with Crippen LogP contribution >= 0.6 is 0 Å². The van der Waals surface area contributed by atoms with E-state index in [0.717, 1.165) is 0 Å². The summed E-state index contributed by atoms with van der Waals surface area (Å²) in [6.07, 6.45) is 5.70. The van der Waals surface area contributed by atoms with Crippen LogP contribution in [0, 0.1) is 11.8 Å². The van der Waals surface area contributed by atoms with E-state index in [4.69, 9.17) is 17.2 Å². The average molecular weight is 1270 g/mol. The number of rotatable bonds is 33. The van der Waals surface area contributed by atoms with Crippen LogP contribution in [0.5, 0.6) is 5.75 Å². The molecule has 0 saturated carbocycles. The van der Waals surface area contributed by atoms with Crippen LogP contribution in [0.1, 0.15) is 102 Å². The Morgan fingerprint density at radius 1 is 0.615 bits per heavy atom. The molecule has 4 aromatic rings. The predicted molar refractivity (Wildman–Crippen MR) is 331 cm³/mol. The summed E-state index contributed by atoms with van der Waals surface area (Å²) >= 11 is 0. The molecule has 0 radical (unpaired) electrons. The van der Waals surface area contributed by atoms with Crippen LogP contribution in [0.2, 0.25) is 0 Å². The lowest BCUT2D eigenvalue weighted by Gasteiger charge is -2.33. The molecule has 2 aromatic heterocycles. The molecular formula is C61H87N17O13. The molecular weight excluding hydrogens is 1180 g/mol. The van der Waals surface area contributed by atoms with Gasteiger partial charge in [0.1, 0.15) is 66.2 Å². The van der Waals surface area contributed by atoms with E-state index in [0.29, 0.717) is 41.8 Å². The van der Waals surface area contributed by atoms with Gasteiger partial charge in [-0.3, -0.25) is 48.1 Å². The maximum absolute atomic E-state index is 14.8. The minimum absolute atomic E-state index is 0.0503. The fraction of sp³-hybridized carbons (Fsp3) is 0.525. The van der Waals surface area contributed by atoms with E-state index < -0.39 is 137 Å².